The van der Waals surface area contributed by atoms with Gasteiger partial charge >= 0.3 is 6.18 Å². The molecule has 0 unspecified atom stereocenters. The summed E-state index contributed by atoms with van der Waals surface area (Å²) in [5.74, 6) is 0. The Labute approximate surface area is 123 Å². The molecule has 0 spiro atoms. The first-order valence-corrected chi connectivity index (χ1v) is 6.12. The highest BCUT2D eigenvalue weighted by molar-refractivity contribution is 6.33. The number of rotatable bonds is 2. The zero-order valence-electron chi connectivity index (χ0n) is 10.5. The molecule has 0 aromatic heterocycles. The lowest BCUT2D eigenvalue weighted by Crippen LogP contribution is -2.09. The van der Waals surface area contributed by atoms with Gasteiger partial charge in [-0.25, -0.2) is 0 Å². The Morgan fingerprint density at radius 3 is 2.43 bits per heavy atom. The molecule has 2 aromatic rings. The molecule has 0 aliphatic rings. The van der Waals surface area contributed by atoms with Gasteiger partial charge in [0.1, 0.15) is 0 Å². The fourth-order valence-corrected chi connectivity index (χ4v) is 1.95. The lowest BCUT2D eigenvalue weighted by Gasteiger charge is -2.13. The molecule has 7 heteroatoms. The van der Waals surface area contributed by atoms with Crippen LogP contribution in [0.25, 0.3) is 0 Å². The third-order valence-electron chi connectivity index (χ3n) is 2.74. The number of nitrogen functional groups attached to an aromatic ring is 1. The Kier molecular flexibility index (Phi) is 3.96. The molecule has 0 fully saturated rings. The molecule has 108 valence electrons. The highest BCUT2D eigenvalue weighted by Crippen LogP contribution is 2.36. The van der Waals surface area contributed by atoms with Gasteiger partial charge in [-0.2, -0.15) is 18.4 Å². The second-order valence-electron chi connectivity index (χ2n) is 4.23. The van der Waals surface area contributed by atoms with Crippen molar-refractivity contribution in [3.8, 4) is 6.07 Å². The average molecular weight is 312 g/mol. The lowest BCUT2D eigenvalue weighted by atomic mass is 10.1. The van der Waals surface area contributed by atoms with Crippen LogP contribution in [-0.4, -0.2) is 0 Å². The largest absolute Gasteiger partial charge is 0.418 e. The van der Waals surface area contributed by atoms with Crippen molar-refractivity contribution in [3.05, 3.63) is 52.5 Å². The summed E-state index contributed by atoms with van der Waals surface area (Å²) >= 11 is 5.96. The molecule has 0 radical (unpaired) electrons. The predicted octanol–water partition coefficient (Wildman–Crippen LogP) is 4.56. The first-order chi connectivity index (χ1) is 9.81. The Balaban J connectivity index is 2.35. The summed E-state index contributed by atoms with van der Waals surface area (Å²) in [5.41, 5.74) is 5.01. The Hall–Kier alpha value is -2.39. The van der Waals surface area contributed by atoms with Gasteiger partial charge < -0.3 is 11.1 Å². The fourth-order valence-electron chi connectivity index (χ4n) is 1.72. The monoisotopic (exact) mass is 311 g/mol. The van der Waals surface area contributed by atoms with Crippen molar-refractivity contribution in [2.75, 3.05) is 11.1 Å². The minimum Gasteiger partial charge on any atom is -0.398 e. The smallest absolute Gasteiger partial charge is 0.398 e. The van der Waals surface area contributed by atoms with Gasteiger partial charge in [0.05, 0.1) is 27.9 Å². The van der Waals surface area contributed by atoms with E-state index in [4.69, 9.17) is 22.6 Å². The number of nitriles is 1. The third-order valence-corrected chi connectivity index (χ3v) is 3.05. The van der Waals surface area contributed by atoms with Crippen LogP contribution in [0.5, 0.6) is 0 Å². The maximum absolute atomic E-state index is 12.8. The summed E-state index contributed by atoms with van der Waals surface area (Å²) in [5, 5.41) is 11.7. The lowest BCUT2D eigenvalue weighted by molar-refractivity contribution is -0.136. The van der Waals surface area contributed by atoms with Gasteiger partial charge in [0, 0.05) is 11.4 Å². The van der Waals surface area contributed by atoms with Gasteiger partial charge in [-0.15, -0.1) is 0 Å². The number of hydrogen-bond donors (Lipinski definition) is 2. The molecule has 3 N–H and O–H groups in total. The zero-order valence-corrected chi connectivity index (χ0v) is 11.3. The standard InChI is InChI=1S/C14H9ClF3N3/c15-11-5-8(7-19)1-4-13(11)21-9-2-3-12(20)10(6-9)14(16,17)18/h1-6,21H,20H2. The minimum absolute atomic E-state index is 0.197. The Bertz CT molecular complexity index is 720. The quantitative estimate of drug-likeness (QED) is 0.799. The van der Waals surface area contributed by atoms with Crippen LogP contribution >= 0.6 is 11.6 Å². The van der Waals surface area contributed by atoms with Crippen molar-refractivity contribution in [2.24, 2.45) is 0 Å². The number of anilines is 3. The van der Waals surface area contributed by atoms with Crippen molar-refractivity contribution < 1.29 is 13.2 Å². The molecular weight excluding hydrogens is 303 g/mol. The first-order valence-electron chi connectivity index (χ1n) is 5.74. The predicted molar refractivity (Wildman–Crippen MR) is 75.3 cm³/mol. The summed E-state index contributed by atoms with van der Waals surface area (Å²) in [4.78, 5) is 0. The number of benzene rings is 2. The average Bonchev–Trinajstić information content (AvgIpc) is 2.41. The molecule has 0 amide bonds. The Morgan fingerprint density at radius 2 is 1.86 bits per heavy atom. The van der Waals surface area contributed by atoms with E-state index in [1.807, 2.05) is 6.07 Å². The van der Waals surface area contributed by atoms with E-state index < -0.39 is 11.7 Å². The van der Waals surface area contributed by atoms with Crippen molar-refractivity contribution in [1.29, 1.82) is 5.26 Å². The second kappa shape index (κ2) is 5.54. The third kappa shape index (κ3) is 3.38. The minimum atomic E-state index is -4.53. The highest BCUT2D eigenvalue weighted by atomic mass is 35.5. The molecule has 0 atom stereocenters. The molecule has 2 rings (SSSR count). The molecule has 0 aliphatic heterocycles. The molecule has 0 saturated carbocycles. The molecule has 0 aliphatic carbocycles. The van der Waals surface area contributed by atoms with Crippen molar-refractivity contribution in [2.45, 2.75) is 6.18 Å². The van der Waals surface area contributed by atoms with E-state index >= 15 is 0 Å². The molecule has 2 aromatic carbocycles. The number of nitrogens with one attached hydrogen (secondary N) is 1. The van der Waals surface area contributed by atoms with E-state index in [-0.39, 0.29) is 16.4 Å². The SMILES string of the molecule is N#Cc1ccc(Nc2ccc(N)c(C(F)(F)F)c2)c(Cl)c1. The summed E-state index contributed by atoms with van der Waals surface area (Å²) in [6.07, 6.45) is -4.53. The summed E-state index contributed by atoms with van der Waals surface area (Å²) in [6, 6.07) is 9.86. The van der Waals surface area contributed by atoms with Crippen molar-refractivity contribution in [1.82, 2.24) is 0 Å². The first kappa shape index (κ1) is 15.0. The number of nitrogens with zero attached hydrogens (tertiary/aromatic N) is 1. The van der Waals surface area contributed by atoms with Crippen LogP contribution in [0.4, 0.5) is 30.2 Å². The van der Waals surface area contributed by atoms with Gasteiger partial charge in [-0.05, 0) is 36.4 Å². The summed E-state index contributed by atoms with van der Waals surface area (Å²) in [7, 11) is 0. The van der Waals surface area contributed by atoms with E-state index in [1.165, 1.54) is 30.3 Å². The number of nitrogens with two attached hydrogens (primary N) is 1. The maximum atomic E-state index is 12.8. The maximum Gasteiger partial charge on any atom is 0.418 e. The van der Waals surface area contributed by atoms with Crippen LogP contribution in [0.1, 0.15) is 11.1 Å². The van der Waals surface area contributed by atoms with Crippen LogP contribution < -0.4 is 11.1 Å². The summed E-state index contributed by atoms with van der Waals surface area (Å²) < 4.78 is 38.3. The van der Waals surface area contributed by atoms with Gasteiger partial charge in [-0.1, -0.05) is 11.6 Å². The molecule has 3 nitrogen and oxygen atoms in total. The Morgan fingerprint density at radius 1 is 1.14 bits per heavy atom. The van der Waals surface area contributed by atoms with E-state index in [2.05, 4.69) is 5.32 Å². The van der Waals surface area contributed by atoms with E-state index in [0.29, 0.717) is 11.3 Å². The van der Waals surface area contributed by atoms with Crippen molar-refractivity contribution in [3.63, 3.8) is 0 Å². The van der Waals surface area contributed by atoms with E-state index in [0.717, 1.165) is 6.07 Å². The molecule has 0 heterocycles. The van der Waals surface area contributed by atoms with Crippen LogP contribution in [-0.2, 0) is 6.18 Å². The molecule has 0 bridgehead atoms. The van der Waals surface area contributed by atoms with E-state index in [1.54, 1.807) is 0 Å². The van der Waals surface area contributed by atoms with Crippen LogP contribution in [0, 0.1) is 11.3 Å². The van der Waals surface area contributed by atoms with Crippen LogP contribution in [0.15, 0.2) is 36.4 Å². The van der Waals surface area contributed by atoms with Crippen LogP contribution in [0.3, 0.4) is 0 Å². The van der Waals surface area contributed by atoms with Gasteiger partial charge in [0.2, 0.25) is 0 Å². The zero-order chi connectivity index (χ0) is 15.6. The normalized spacial score (nSPS) is 11.0. The number of hydrogen-bond acceptors (Lipinski definition) is 3. The summed E-state index contributed by atoms with van der Waals surface area (Å²) in [6.45, 7) is 0. The van der Waals surface area contributed by atoms with Gasteiger partial charge in [0.25, 0.3) is 0 Å². The molecular formula is C14H9ClF3N3. The van der Waals surface area contributed by atoms with Gasteiger partial charge in [0.15, 0.2) is 0 Å². The van der Waals surface area contributed by atoms with Crippen LogP contribution in [0.2, 0.25) is 5.02 Å². The van der Waals surface area contributed by atoms with Crippen molar-refractivity contribution >= 4 is 28.7 Å². The molecule has 21 heavy (non-hydrogen) atoms. The highest BCUT2D eigenvalue weighted by Gasteiger charge is 2.33. The fraction of sp³-hybridized carbons (Fsp3) is 0.0714. The second-order valence-corrected chi connectivity index (χ2v) is 4.64. The number of halogens is 4. The number of alkyl halides is 3. The molecule has 0 saturated heterocycles. The van der Waals surface area contributed by atoms with E-state index in [9.17, 15) is 13.2 Å². The van der Waals surface area contributed by atoms with Gasteiger partial charge in [-0.3, -0.25) is 0 Å². The topological polar surface area (TPSA) is 61.8 Å².